The number of halogens is 4. The van der Waals surface area contributed by atoms with Crippen molar-refractivity contribution in [2.75, 3.05) is 90.8 Å². The molecule has 0 aromatic heterocycles. The highest BCUT2D eigenvalue weighted by atomic mass is 32.2. The molecule has 37 heteroatoms. The van der Waals surface area contributed by atoms with E-state index in [1.54, 1.807) is 47.6 Å². The number of hydrogen-bond donors (Lipinski definition) is 6. The SMILES string of the molecule is COCCOCCOCCOCCC1(C)\C(=C/C=C/C=C/C2=[N+](CCOC)c3ccc4c(S(=O)(=O)O)cc(S(=O)(=O)O)cc4c3C2(C)CCCS(=O)(=O)O)N(CCCCCC(=O)Oc2c(F)c(F)c(S(=O)(=O)O)c(F)c2F)c2ccc3c(S(=O)(=O)O)cc(S(=O)(=O)O)cc3c21. The number of hydrogen-bond acceptors (Lipinski definition) is 20. The number of unbranched alkanes of at least 4 members (excludes halogenated alkanes) is 2. The Bertz CT molecular complexity index is 4630. The molecule has 2 unspecified atom stereocenters. The highest BCUT2D eigenvalue weighted by Gasteiger charge is 2.50. The number of carbonyl (C=O) groups excluding carboxylic acids is 1. The number of allylic oxidation sites excluding steroid dienone is 6. The summed E-state index contributed by atoms with van der Waals surface area (Å²) < 4.78 is 303. The number of fused-ring (bicyclic) bond motifs is 6. The molecule has 0 spiro atoms. The molecular formula is C58H67F4N2O25S6+. The van der Waals surface area contributed by atoms with Gasteiger partial charge in [-0.25, -0.2) is 8.78 Å². The van der Waals surface area contributed by atoms with E-state index in [9.17, 15) is 95.6 Å². The monoisotopic (exact) mass is 1460 g/mol. The average Bonchev–Trinajstić information content (AvgIpc) is 1.64. The first kappa shape index (κ1) is 76.1. The maximum Gasteiger partial charge on any atom is 0.311 e. The van der Waals surface area contributed by atoms with Gasteiger partial charge in [0, 0.05) is 79.1 Å². The number of methoxy groups -OCH3 is 2. The maximum atomic E-state index is 14.8. The van der Waals surface area contributed by atoms with E-state index in [4.69, 9.17) is 28.2 Å². The molecule has 2 aliphatic heterocycles. The zero-order chi connectivity index (χ0) is 70.4. The summed E-state index contributed by atoms with van der Waals surface area (Å²) in [5.74, 6) is -14.1. The standard InChI is InChI=1S/C58H66F4N2O25S6/c1-57(19-11-31-90(66,67)68)46(64(22-24-84-3)43-18-16-38-40(49(43)57)32-36(91(69,70)71)34-44(38)93(75,76)77)12-7-5-8-13-47-58(2,20-23-86-27-28-88-30-29-87-26-25-85-4)50-41-33-37(92(72,73)74)35-45(94(78,79)80)39(41)15-17-42(50)63(47)21-10-6-9-14-48(65)89-55-51(59)53(61)56(95(81,82)83)54(62)52(55)60/h5,7-8,12-13,15-18,32-35H,6,9-11,14,19-31H2,1-4H3,(H5-,66,67,68,69,70,71,72,73,74,75,76,77,78,79,80,81,82,83)/p+1. The molecule has 2 atom stereocenters. The molecule has 6 N–H and O–H groups in total. The molecule has 0 aliphatic carbocycles. The molecule has 27 nitrogen and oxygen atoms in total. The smallest absolute Gasteiger partial charge is 0.311 e. The third-order valence-electron chi connectivity index (χ3n) is 15.8. The summed E-state index contributed by atoms with van der Waals surface area (Å²) in [7, 11) is -28.3. The third-order valence-corrected chi connectivity index (χ3v) is 20.9. The van der Waals surface area contributed by atoms with Crippen LogP contribution in [-0.4, -0.2) is 180 Å². The molecule has 7 rings (SSSR count). The second kappa shape index (κ2) is 30.3. The van der Waals surface area contributed by atoms with Crippen molar-refractivity contribution in [3.05, 3.63) is 119 Å². The summed E-state index contributed by atoms with van der Waals surface area (Å²) in [4.78, 5) is 8.67. The van der Waals surface area contributed by atoms with Gasteiger partial charge in [0.25, 0.3) is 50.6 Å². The lowest BCUT2D eigenvalue weighted by Crippen LogP contribution is -2.32. The van der Waals surface area contributed by atoms with E-state index in [2.05, 4.69) is 4.74 Å². The van der Waals surface area contributed by atoms with Crippen molar-refractivity contribution in [2.24, 2.45) is 0 Å². The lowest BCUT2D eigenvalue weighted by Gasteiger charge is -2.31. The highest BCUT2D eigenvalue weighted by molar-refractivity contribution is 7.87. The number of esters is 1. The molecule has 0 bridgehead atoms. The highest BCUT2D eigenvalue weighted by Crippen LogP contribution is 2.54. The first-order chi connectivity index (χ1) is 44.2. The van der Waals surface area contributed by atoms with E-state index in [1.165, 1.54) is 44.6 Å². The number of anilines is 1. The molecule has 0 saturated heterocycles. The molecule has 0 amide bonds. The fourth-order valence-corrected chi connectivity index (χ4v) is 15.4. The Balaban J connectivity index is 1.34. The molecule has 95 heavy (non-hydrogen) atoms. The Hall–Kier alpha value is -6.24. The topological polar surface area (TPSA) is 405 Å². The summed E-state index contributed by atoms with van der Waals surface area (Å²) in [5, 5.41) is -0.536. The van der Waals surface area contributed by atoms with Gasteiger partial charge in [0.1, 0.15) is 16.4 Å². The van der Waals surface area contributed by atoms with Gasteiger partial charge in [0.2, 0.25) is 23.1 Å². The summed E-state index contributed by atoms with van der Waals surface area (Å²) in [5.41, 5.74) is -0.936. The van der Waals surface area contributed by atoms with Crippen LogP contribution in [0.2, 0.25) is 0 Å². The molecule has 5 aromatic rings. The van der Waals surface area contributed by atoms with Crippen LogP contribution in [0.15, 0.2) is 109 Å². The van der Waals surface area contributed by atoms with Gasteiger partial charge in [0.15, 0.2) is 28.8 Å². The van der Waals surface area contributed by atoms with Gasteiger partial charge in [-0.1, -0.05) is 30.7 Å². The van der Waals surface area contributed by atoms with Gasteiger partial charge >= 0.3 is 16.1 Å². The fourth-order valence-electron chi connectivity index (χ4n) is 11.6. The van der Waals surface area contributed by atoms with E-state index >= 15 is 0 Å². The lowest BCUT2D eigenvalue weighted by molar-refractivity contribution is -0.441. The van der Waals surface area contributed by atoms with E-state index in [-0.39, 0.29) is 124 Å². The van der Waals surface area contributed by atoms with Crippen LogP contribution < -0.4 is 9.64 Å². The fraction of sp³-hybridized carbons (Fsp3) is 0.414. The minimum absolute atomic E-state index is 0.00698. The minimum Gasteiger partial charge on any atom is -0.420 e. The molecule has 522 valence electrons. The van der Waals surface area contributed by atoms with Crippen molar-refractivity contribution in [3.8, 4) is 5.75 Å². The van der Waals surface area contributed by atoms with Crippen molar-refractivity contribution < 1.29 is 133 Å². The number of nitrogens with zero attached hydrogens (tertiary/aromatic N) is 2. The zero-order valence-electron chi connectivity index (χ0n) is 51.0. The van der Waals surface area contributed by atoms with Crippen LogP contribution in [0.4, 0.5) is 28.9 Å². The Morgan fingerprint density at radius 2 is 1.07 bits per heavy atom. The van der Waals surface area contributed by atoms with Gasteiger partial charge in [-0.15, -0.1) is 0 Å². The van der Waals surface area contributed by atoms with Crippen LogP contribution in [0.1, 0.15) is 69.9 Å². The molecule has 2 heterocycles. The number of ether oxygens (including phenoxy) is 6. The van der Waals surface area contributed by atoms with Crippen molar-refractivity contribution in [2.45, 2.75) is 94.1 Å². The molecule has 0 saturated carbocycles. The van der Waals surface area contributed by atoms with Crippen LogP contribution in [0.25, 0.3) is 21.5 Å². The van der Waals surface area contributed by atoms with E-state index < -0.39 is 143 Å². The van der Waals surface area contributed by atoms with E-state index in [0.717, 1.165) is 12.1 Å². The number of benzene rings is 5. The lowest BCUT2D eigenvalue weighted by atomic mass is 9.74. The van der Waals surface area contributed by atoms with Crippen molar-refractivity contribution >= 4 is 105 Å². The Kier molecular flexibility index (Phi) is 24.2. The minimum atomic E-state index is -5.84. The largest absolute Gasteiger partial charge is 0.420 e. The predicted octanol–water partition coefficient (Wildman–Crippen LogP) is 7.48. The summed E-state index contributed by atoms with van der Waals surface area (Å²) >= 11 is 0. The van der Waals surface area contributed by atoms with E-state index in [0.29, 0.717) is 48.1 Å². The van der Waals surface area contributed by atoms with Gasteiger partial charge in [0.05, 0.1) is 60.6 Å². The number of rotatable bonds is 34. The second-order valence-corrected chi connectivity index (χ2v) is 30.7. The van der Waals surface area contributed by atoms with Crippen LogP contribution >= 0.6 is 0 Å². The first-order valence-corrected chi connectivity index (χ1v) is 37.3. The van der Waals surface area contributed by atoms with Crippen molar-refractivity contribution in [1.29, 1.82) is 0 Å². The number of carbonyl (C=O) groups is 1. The molecule has 0 fully saturated rings. The average molecular weight is 1460 g/mol. The Morgan fingerprint density at radius 3 is 1.59 bits per heavy atom. The van der Waals surface area contributed by atoms with Gasteiger partial charge < -0.3 is 33.3 Å². The quantitative estimate of drug-likeness (QED) is 0.00339. The van der Waals surface area contributed by atoms with Crippen molar-refractivity contribution in [1.82, 2.24) is 0 Å². The zero-order valence-corrected chi connectivity index (χ0v) is 55.9. The van der Waals surface area contributed by atoms with Gasteiger partial charge in [-0.05, 0) is 105 Å². The Morgan fingerprint density at radius 1 is 0.547 bits per heavy atom. The molecular weight excluding hydrogens is 1390 g/mol. The van der Waals surface area contributed by atoms with E-state index in [1.807, 2.05) is 0 Å². The van der Waals surface area contributed by atoms with Gasteiger partial charge in [-0.2, -0.15) is 63.9 Å². The van der Waals surface area contributed by atoms with Crippen molar-refractivity contribution in [3.63, 3.8) is 0 Å². The molecule has 2 aliphatic rings. The van der Waals surface area contributed by atoms with Gasteiger partial charge in [-0.3, -0.25) is 32.1 Å². The maximum absolute atomic E-state index is 14.8. The van der Waals surface area contributed by atoms with Crippen LogP contribution in [0, 0.1) is 23.3 Å². The van der Waals surface area contributed by atoms with Crippen LogP contribution in [-0.2, 0) is 100 Å². The summed E-state index contributed by atoms with van der Waals surface area (Å²) in [6.45, 7) is 4.58. The van der Waals surface area contributed by atoms with Crippen LogP contribution in [0.5, 0.6) is 5.75 Å². The molecule has 5 aromatic carbocycles. The molecule has 0 radical (unpaired) electrons. The normalized spacial score (nSPS) is 17.8. The summed E-state index contributed by atoms with van der Waals surface area (Å²) in [6, 6.07) is 8.70. The summed E-state index contributed by atoms with van der Waals surface area (Å²) in [6.07, 6.45) is 6.86. The predicted molar refractivity (Wildman–Crippen MR) is 332 cm³/mol. The van der Waals surface area contributed by atoms with Crippen LogP contribution in [0.3, 0.4) is 0 Å². The third kappa shape index (κ3) is 17.6. The Labute approximate surface area is 545 Å². The second-order valence-electron chi connectivity index (χ2n) is 22.1. The first-order valence-electron chi connectivity index (χ1n) is 28.5.